The lowest BCUT2D eigenvalue weighted by atomic mass is 10.1. The third-order valence-electron chi connectivity index (χ3n) is 7.40. The van der Waals surface area contributed by atoms with Crippen molar-refractivity contribution in [3.05, 3.63) is 52.6 Å². The van der Waals surface area contributed by atoms with Crippen molar-refractivity contribution < 1.29 is 9.59 Å². The molecule has 1 aliphatic carbocycles. The minimum Gasteiger partial charge on any atom is -0.404 e. The lowest BCUT2D eigenvalue weighted by Crippen LogP contribution is -2.39. The molecule has 2 bridgehead atoms. The third kappa shape index (κ3) is 5.01. The molecule has 11 heteroatoms. The summed E-state index contributed by atoms with van der Waals surface area (Å²) in [5, 5.41) is 10.2. The Bertz CT molecular complexity index is 1400. The van der Waals surface area contributed by atoms with Crippen LogP contribution in [-0.4, -0.2) is 69.7 Å². The summed E-state index contributed by atoms with van der Waals surface area (Å²) in [6.07, 6.45) is 10.3. The predicted octanol–water partition coefficient (Wildman–Crippen LogP) is 2.96. The summed E-state index contributed by atoms with van der Waals surface area (Å²) in [5.41, 5.74) is 9.35. The summed E-state index contributed by atoms with van der Waals surface area (Å²) in [5.74, 6) is 0.311. The molecule has 5 rings (SSSR count). The number of pyridine rings is 1. The molecule has 4 heterocycles. The van der Waals surface area contributed by atoms with Gasteiger partial charge in [-0.25, -0.2) is 4.52 Å². The van der Waals surface area contributed by atoms with Gasteiger partial charge in [-0.15, -0.1) is 11.3 Å². The van der Waals surface area contributed by atoms with Crippen molar-refractivity contribution in [2.75, 3.05) is 32.0 Å². The number of allylic oxidation sites excluding steroid dienone is 1. The summed E-state index contributed by atoms with van der Waals surface area (Å²) in [6, 6.07) is 2.35. The number of likely N-dealkylation sites (tertiary alicyclic amines) is 1. The fourth-order valence-electron chi connectivity index (χ4n) is 5.26. The van der Waals surface area contributed by atoms with Gasteiger partial charge in [-0.2, -0.15) is 5.10 Å². The first kappa shape index (κ1) is 25.1. The highest BCUT2D eigenvalue weighted by Gasteiger charge is 2.37. The highest BCUT2D eigenvalue weighted by molar-refractivity contribution is 7.19. The van der Waals surface area contributed by atoms with Crippen LogP contribution in [0.15, 0.2) is 35.8 Å². The zero-order valence-corrected chi connectivity index (χ0v) is 22.1. The van der Waals surface area contributed by atoms with Gasteiger partial charge < -0.3 is 16.4 Å². The maximum atomic E-state index is 13.2. The number of carbonyl (C=O) groups excluding carboxylic acids is 2. The summed E-state index contributed by atoms with van der Waals surface area (Å²) in [4.78, 5) is 38.6. The standard InChI is InChI=1S/C26H32N8O2S/c1-15(28-3)20(10-27)23-14-34-26(37-23)21(12-31-34)25(36)32-22-9-18(11-30-16(22)2)24(35)29-6-7-33-13-17-4-5-19(33)8-17/h9-12,14,17,19H,4-8,13,27H2,1-3H3,(H,29,35)(H,32,36)/t17-,19-/m1/s1. The molecular weight excluding hydrogens is 488 g/mol. The van der Waals surface area contributed by atoms with Gasteiger partial charge >= 0.3 is 0 Å². The number of aliphatic imine (C=N–C) groups is 1. The molecule has 2 fully saturated rings. The Balaban J connectivity index is 1.26. The topological polar surface area (TPSA) is 130 Å². The molecule has 3 aromatic rings. The highest BCUT2D eigenvalue weighted by atomic mass is 32.1. The van der Waals surface area contributed by atoms with Gasteiger partial charge in [-0.05, 0) is 45.1 Å². The van der Waals surface area contributed by atoms with E-state index in [0.29, 0.717) is 39.9 Å². The van der Waals surface area contributed by atoms with Crippen LogP contribution >= 0.6 is 11.3 Å². The van der Waals surface area contributed by atoms with E-state index in [-0.39, 0.29) is 11.8 Å². The van der Waals surface area contributed by atoms with Crippen molar-refractivity contribution in [2.24, 2.45) is 16.6 Å². The smallest absolute Gasteiger partial charge is 0.260 e. The van der Waals surface area contributed by atoms with E-state index in [9.17, 15) is 9.59 Å². The molecule has 1 aliphatic heterocycles. The molecule has 0 radical (unpaired) electrons. The number of amides is 2. The lowest BCUT2D eigenvalue weighted by molar-refractivity contribution is 0.0943. The zero-order valence-electron chi connectivity index (χ0n) is 21.3. The van der Waals surface area contributed by atoms with E-state index in [2.05, 4.69) is 30.6 Å². The van der Waals surface area contributed by atoms with Crippen LogP contribution in [0.5, 0.6) is 0 Å². The van der Waals surface area contributed by atoms with Gasteiger partial charge in [0.05, 0.1) is 33.6 Å². The van der Waals surface area contributed by atoms with Crippen molar-refractivity contribution in [1.29, 1.82) is 0 Å². The van der Waals surface area contributed by atoms with Gasteiger partial charge in [-0.3, -0.25) is 24.5 Å². The first-order valence-electron chi connectivity index (χ1n) is 12.5. The maximum absolute atomic E-state index is 13.2. The van der Waals surface area contributed by atoms with E-state index in [1.807, 2.05) is 13.1 Å². The van der Waals surface area contributed by atoms with Crippen molar-refractivity contribution in [3.8, 4) is 0 Å². The number of nitrogens with zero attached hydrogens (tertiary/aromatic N) is 5. The van der Waals surface area contributed by atoms with Crippen LogP contribution in [0.1, 0.15) is 57.5 Å². The molecule has 1 saturated carbocycles. The van der Waals surface area contributed by atoms with Gasteiger partial charge in [-0.1, -0.05) is 0 Å². The van der Waals surface area contributed by atoms with E-state index in [1.54, 1.807) is 30.8 Å². The Hall–Kier alpha value is -3.57. The number of nitrogens with one attached hydrogen (secondary N) is 2. The Labute approximate surface area is 219 Å². The van der Waals surface area contributed by atoms with Gasteiger partial charge in [0, 0.05) is 62.6 Å². The van der Waals surface area contributed by atoms with E-state index >= 15 is 0 Å². The van der Waals surface area contributed by atoms with Crippen LogP contribution in [0.4, 0.5) is 5.69 Å². The Morgan fingerprint density at radius 2 is 2.14 bits per heavy atom. The number of piperidine rings is 1. The molecule has 194 valence electrons. The fraction of sp³-hybridized carbons (Fsp3) is 0.423. The summed E-state index contributed by atoms with van der Waals surface area (Å²) in [7, 11) is 1.71. The molecule has 0 unspecified atom stereocenters. The van der Waals surface area contributed by atoms with E-state index in [1.165, 1.54) is 43.0 Å². The molecule has 3 aromatic heterocycles. The predicted molar refractivity (Wildman–Crippen MR) is 146 cm³/mol. The Kier molecular flexibility index (Phi) is 7.07. The number of thiazole rings is 1. The second-order valence-corrected chi connectivity index (χ2v) is 10.7. The van der Waals surface area contributed by atoms with Crippen LogP contribution in [-0.2, 0) is 0 Å². The molecule has 2 amide bonds. The SMILES string of the molecule is CN=C(C)C(=CN)c1cn2ncc(C(=O)Nc3cc(C(=O)NCCN4C[C@@H]5CC[C@@H]4C5)cnc3C)c2s1. The first-order valence-corrected chi connectivity index (χ1v) is 13.3. The number of aryl methyl sites for hydroxylation is 1. The molecule has 0 aromatic carbocycles. The van der Waals surface area contributed by atoms with E-state index in [0.717, 1.165) is 35.2 Å². The van der Waals surface area contributed by atoms with Crippen LogP contribution in [0.2, 0.25) is 0 Å². The number of nitrogens with two attached hydrogens (primary N) is 1. The average molecular weight is 521 g/mol. The van der Waals surface area contributed by atoms with Crippen molar-refractivity contribution in [1.82, 2.24) is 24.8 Å². The normalized spacial score (nSPS) is 20.1. The van der Waals surface area contributed by atoms with E-state index < -0.39 is 0 Å². The Morgan fingerprint density at radius 1 is 1.30 bits per heavy atom. The van der Waals surface area contributed by atoms with Crippen LogP contribution in [0.3, 0.4) is 0 Å². The number of carbonyl (C=O) groups is 2. The third-order valence-corrected chi connectivity index (χ3v) is 8.55. The lowest BCUT2D eigenvalue weighted by Gasteiger charge is -2.26. The molecular formula is C26H32N8O2S. The largest absolute Gasteiger partial charge is 0.404 e. The van der Waals surface area contributed by atoms with Crippen LogP contribution in [0.25, 0.3) is 10.4 Å². The van der Waals surface area contributed by atoms with Gasteiger partial charge in [0.2, 0.25) is 0 Å². The average Bonchev–Trinajstić information content (AvgIpc) is 3.67. The van der Waals surface area contributed by atoms with Gasteiger partial charge in [0.25, 0.3) is 11.8 Å². The molecule has 1 saturated heterocycles. The van der Waals surface area contributed by atoms with Crippen LogP contribution < -0.4 is 16.4 Å². The summed E-state index contributed by atoms with van der Waals surface area (Å²) < 4.78 is 1.66. The van der Waals surface area contributed by atoms with E-state index in [4.69, 9.17) is 5.73 Å². The second-order valence-electron chi connectivity index (χ2n) is 9.69. The minimum absolute atomic E-state index is 0.197. The number of anilines is 1. The number of aromatic nitrogens is 3. The maximum Gasteiger partial charge on any atom is 0.260 e. The summed E-state index contributed by atoms with van der Waals surface area (Å²) in [6.45, 7) is 6.27. The Morgan fingerprint density at radius 3 is 2.84 bits per heavy atom. The van der Waals surface area contributed by atoms with Gasteiger partial charge in [0.15, 0.2) is 0 Å². The number of hydrogen-bond acceptors (Lipinski definition) is 8. The molecule has 4 N–H and O–H groups in total. The monoisotopic (exact) mass is 520 g/mol. The molecule has 37 heavy (non-hydrogen) atoms. The molecule has 2 aliphatic rings. The quantitative estimate of drug-likeness (QED) is 0.392. The highest BCUT2D eigenvalue weighted by Crippen LogP contribution is 2.36. The van der Waals surface area contributed by atoms with Gasteiger partial charge in [0.1, 0.15) is 4.83 Å². The summed E-state index contributed by atoms with van der Waals surface area (Å²) >= 11 is 1.41. The number of hydrogen-bond donors (Lipinski definition) is 3. The minimum atomic E-state index is -0.325. The first-order chi connectivity index (χ1) is 17.9. The number of rotatable bonds is 8. The molecule has 0 spiro atoms. The fourth-order valence-corrected chi connectivity index (χ4v) is 6.39. The molecule has 2 atom stereocenters. The zero-order chi connectivity index (χ0) is 26.1. The molecule has 10 nitrogen and oxygen atoms in total. The van der Waals surface area contributed by atoms with Crippen molar-refractivity contribution >= 4 is 45.0 Å². The van der Waals surface area contributed by atoms with Crippen molar-refractivity contribution in [2.45, 2.75) is 39.2 Å². The number of fused-ring (bicyclic) bond motifs is 3. The second kappa shape index (κ2) is 10.4. The van der Waals surface area contributed by atoms with Crippen LogP contribution in [0, 0.1) is 12.8 Å². The van der Waals surface area contributed by atoms with Crippen molar-refractivity contribution in [3.63, 3.8) is 0 Å².